The van der Waals surface area contributed by atoms with Crippen LogP contribution in [0, 0.1) is 10.8 Å². The number of rotatable bonds is 1. The summed E-state index contributed by atoms with van der Waals surface area (Å²) in [6, 6.07) is 0.648. The molecule has 0 aromatic heterocycles. The third kappa shape index (κ3) is 1.46. The third-order valence-electron chi connectivity index (χ3n) is 5.60. The van der Waals surface area contributed by atoms with E-state index in [-0.39, 0.29) is 11.5 Å². The van der Waals surface area contributed by atoms with Gasteiger partial charge in [-0.3, -0.25) is 4.90 Å². The number of nitrogens with zero attached hydrogens (tertiary/aromatic N) is 1. The van der Waals surface area contributed by atoms with E-state index in [1.165, 1.54) is 45.2 Å². The van der Waals surface area contributed by atoms with Crippen LogP contribution in [0.25, 0.3) is 0 Å². The molecule has 1 heterocycles. The van der Waals surface area contributed by atoms with Crippen molar-refractivity contribution >= 4 is 0 Å². The molecule has 0 aromatic carbocycles. The van der Waals surface area contributed by atoms with Gasteiger partial charge in [0.25, 0.3) is 0 Å². The van der Waals surface area contributed by atoms with Gasteiger partial charge in [0.15, 0.2) is 0 Å². The van der Waals surface area contributed by atoms with Gasteiger partial charge in [-0.2, -0.15) is 0 Å². The highest BCUT2D eigenvalue weighted by atomic mass is 16.3. The first-order valence-corrected chi connectivity index (χ1v) is 6.96. The zero-order valence-electron chi connectivity index (χ0n) is 10.7. The largest absolute Gasteiger partial charge is 0.392 e. The lowest BCUT2D eigenvalue weighted by atomic mass is 9.60. The van der Waals surface area contributed by atoms with E-state index in [4.69, 9.17) is 0 Å². The fourth-order valence-corrected chi connectivity index (χ4v) is 4.15. The predicted molar refractivity (Wildman–Crippen MR) is 65.3 cm³/mol. The number of aliphatic hydroxyl groups is 1. The Hall–Kier alpha value is -0.0800. The van der Waals surface area contributed by atoms with Crippen LogP contribution in [0.3, 0.4) is 0 Å². The standard InChI is InChI=1S/C14H25NO/c1-13(2)11(8-12(13)16)15-9-14(10-15)6-4-3-5-7-14/h11-12,16H,3-10H2,1-2H3. The van der Waals surface area contributed by atoms with Gasteiger partial charge in [0.1, 0.15) is 0 Å². The summed E-state index contributed by atoms with van der Waals surface area (Å²) in [6.07, 6.45) is 8.20. The Balaban J connectivity index is 1.57. The van der Waals surface area contributed by atoms with Crippen molar-refractivity contribution in [3.05, 3.63) is 0 Å². The maximum atomic E-state index is 9.79. The van der Waals surface area contributed by atoms with Gasteiger partial charge in [0, 0.05) is 24.5 Å². The Kier molecular flexibility index (Phi) is 2.38. The monoisotopic (exact) mass is 223 g/mol. The number of aliphatic hydroxyl groups excluding tert-OH is 1. The van der Waals surface area contributed by atoms with Gasteiger partial charge in [0.2, 0.25) is 0 Å². The molecule has 2 nitrogen and oxygen atoms in total. The molecular formula is C14H25NO. The molecule has 16 heavy (non-hydrogen) atoms. The molecule has 1 spiro atoms. The summed E-state index contributed by atoms with van der Waals surface area (Å²) in [4.78, 5) is 2.64. The fraction of sp³-hybridized carbons (Fsp3) is 1.00. The second-order valence-electron chi connectivity index (χ2n) is 7.05. The topological polar surface area (TPSA) is 23.5 Å². The maximum absolute atomic E-state index is 9.79. The van der Waals surface area contributed by atoms with E-state index in [1.54, 1.807) is 0 Å². The summed E-state index contributed by atoms with van der Waals surface area (Å²) >= 11 is 0. The molecule has 2 unspecified atom stereocenters. The van der Waals surface area contributed by atoms with Gasteiger partial charge in [-0.1, -0.05) is 33.1 Å². The molecule has 0 amide bonds. The molecule has 1 aliphatic heterocycles. The van der Waals surface area contributed by atoms with Crippen LogP contribution in [-0.2, 0) is 0 Å². The van der Waals surface area contributed by atoms with Crippen molar-refractivity contribution in [1.82, 2.24) is 4.90 Å². The van der Waals surface area contributed by atoms with Crippen molar-refractivity contribution < 1.29 is 5.11 Å². The van der Waals surface area contributed by atoms with Gasteiger partial charge in [-0.25, -0.2) is 0 Å². The molecule has 3 fully saturated rings. The van der Waals surface area contributed by atoms with E-state index in [0.717, 1.165) is 6.42 Å². The summed E-state index contributed by atoms with van der Waals surface area (Å²) in [6.45, 7) is 7.07. The lowest BCUT2D eigenvalue weighted by Gasteiger charge is -2.63. The minimum absolute atomic E-state index is 0.0691. The van der Waals surface area contributed by atoms with Gasteiger partial charge in [0.05, 0.1) is 6.10 Å². The van der Waals surface area contributed by atoms with Gasteiger partial charge in [-0.15, -0.1) is 0 Å². The van der Waals surface area contributed by atoms with Crippen LogP contribution in [0.15, 0.2) is 0 Å². The molecule has 0 bridgehead atoms. The molecule has 92 valence electrons. The van der Waals surface area contributed by atoms with Gasteiger partial charge in [-0.05, 0) is 24.7 Å². The number of likely N-dealkylation sites (tertiary alicyclic amines) is 1. The number of hydrogen-bond donors (Lipinski definition) is 1. The SMILES string of the molecule is CC1(C)C(O)CC1N1CC2(CCCCC2)C1. The van der Waals surface area contributed by atoms with Gasteiger partial charge < -0.3 is 5.11 Å². The molecule has 2 heteroatoms. The van der Waals surface area contributed by atoms with Crippen LogP contribution in [-0.4, -0.2) is 35.2 Å². The molecule has 1 saturated heterocycles. The predicted octanol–water partition coefficient (Wildman–Crippen LogP) is 2.41. The highest BCUT2D eigenvalue weighted by Gasteiger charge is 2.55. The maximum Gasteiger partial charge on any atom is 0.0621 e. The van der Waals surface area contributed by atoms with Crippen molar-refractivity contribution in [2.45, 2.75) is 64.5 Å². The Labute approximate surface area is 99.0 Å². The molecular weight excluding hydrogens is 198 g/mol. The highest BCUT2D eigenvalue weighted by molar-refractivity contribution is 5.08. The third-order valence-corrected chi connectivity index (χ3v) is 5.60. The van der Waals surface area contributed by atoms with Crippen LogP contribution < -0.4 is 0 Å². The summed E-state index contributed by atoms with van der Waals surface area (Å²) in [5.41, 5.74) is 0.825. The van der Waals surface area contributed by atoms with E-state index in [9.17, 15) is 5.11 Å². The summed E-state index contributed by atoms with van der Waals surface area (Å²) in [5.74, 6) is 0. The first kappa shape index (κ1) is 11.0. The van der Waals surface area contributed by atoms with E-state index in [0.29, 0.717) is 11.5 Å². The minimum atomic E-state index is -0.0691. The molecule has 0 aromatic rings. The molecule has 2 atom stereocenters. The molecule has 2 saturated carbocycles. The first-order chi connectivity index (χ1) is 7.54. The Morgan fingerprint density at radius 2 is 1.69 bits per heavy atom. The number of hydrogen-bond acceptors (Lipinski definition) is 2. The Bertz CT molecular complexity index is 272. The summed E-state index contributed by atoms with van der Waals surface area (Å²) in [7, 11) is 0. The lowest BCUT2D eigenvalue weighted by molar-refractivity contribution is -0.173. The Morgan fingerprint density at radius 1 is 1.06 bits per heavy atom. The normalized spacial score (nSPS) is 41.4. The summed E-state index contributed by atoms with van der Waals surface area (Å²) in [5, 5.41) is 9.79. The van der Waals surface area contributed by atoms with E-state index < -0.39 is 0 Å². The molecule has 1 N–H and O–H groups in total. The van der Waals surface area contributed by atoms with Crippen LogP contribution in [0.4, 0.5) is 0 Å². The average Bonchev–Trinajstić information content (AvgIpc) is 2.24. The fourth-order valence-electron chi connectivity index (χ4n) is 4.15. The molecule has 3 aliphatic rings. The smallest absolute Gasteiger partial charge is 0.0621 e. The summed E-state index contributed by atoms with van der Waals surface area (Å²) < 4.78 is 0. The molecule has 2 aliphatic carbocycles. The van der Waals surface area contributed by atoms with Crippen LogP contribution >= 0.6 is 0 Å². The van der Waals surface area contributed by atoms with Crippen LogP contribution in [0.2, 0.25) is 0 Å². The van der Waals surface area contributed by atoms with E-state index in [1.807, 2.05) is 0 Å². The van der Waals surface area contributed by atoms with Gasteiger partial charge >= 0.3 is 0 Å². The zero-order chi connectivity index (χ0) is 11.4. The van der Waals surface area contributed by atoms with E-state index >= 15 is 0 Å². The van der Waals surface area contributed by atoms with Crippen molar-refractivity contribution in [3.8, 4) is 0 Å². The molecule has 3 rings (SSSR count). The quantitative estimate of drug-likeness (QED) is 0.738. The second kappa shape index (κ2) is 3.46. The van der Waals surface area contributed by atoms with Crippen LogP contribution in [0.5, 0.6) is 0 Å². The first-order valence-electron chi connectivity index (χ1n) is 6.96. The second-order valence-corrected chi connectivity index (χ2v) is 7.05. The van der Waals surface area contributed by atoms with Crippen molar-refractivity contribution in [1.29, 1.82) is 0 Å². The minimum Gasteiger partial charge on any atom is -0.392 e. The average molecular weight is 223 g/mol. The van der Waals surface area contributed by atoms with E-state index in [2.05, 4.69) is 18.7 Å². The molecule has 0 radical (unpaired) electrons. The van der Waals surface area contributed by atoms with Crippen molar-refractivity contribution in [3.63, 3.8) is 0 Å². The lowest BCUT2D eigenvalue weighted by Crippen LogP contribution is -2.69. The zero-order valence-corrected chi connectivity index (χ0v) is 10.7. The Morgan fingerprint density at radius 3 is 2.19 bits per heavy atom. The van der Waals surface area contributed by atoms with Crippen LogP contribution in [0.1, 0.15) is 52.4 Å². The van der Waals surface area contributed by atoms with Crippen molar-refractivity contribution in [2.24, 2.45) is 10.8 Å². The van der Waals surface area contributed by atoms with Crippen molar-refractivity contribution in [2.75, 3.05) is 13.1 Å². The highest BCUT2D eigenvalue weighted by Crippen LogP contribution is 2.51.